The zero-order chi connectivity index (χ0) is 11.3. The maximum absolute atomic E-state index is 11.3. The maximum atomic E-state index is 11.3. The average molecular weight is 214 g/mol. The predicted octanol–water partition coefficient (Wildman–Crippen LogP) is 2.84. The summed E-state index contributed by atoms with van der Waals surface area (Å²) in [7, 11) is 0. The Labute approximate surface area is 91.8 Å². The lowest BCUT2D eigenvalue weighted by Gasteiger charge is -2.29. The Kier molecular flexibility index (Phi) is 4.58. The Morgan fingerprint density at radius 3 is 2.20 bits per heavy atom. The second-order valence-corrected chi connectivity index (χ2v) is 4.92. The van der Waals surface area contributed by atoms with E-state index >= 15 is 0 Å². The lowest BCUT2D eigenvalue weighted by Crippen LogP contribution is -2.42. The lowest BCUT2D eigenvalue weighted by molar-refractivity contribution is -0.169. The standard InChI is InChI=1S/C12H22O3/c1-10(2)9-15-12(11(13)14)7-5-3-4-6-8-12/h10H,3-9H2,1-2H3,(H,13,14). The molecule has 1 aliphatic carbocycles. The molecule has 1 fully saturated rings. The molecule has 3 heteroatoms. The van der Waals surface area contributed by atoms with Gasteiger partial charge in [-0.2, -0.15) is 0 Å². The highest BCUT2D eigenvalue weighted by Crippen LogP contribution is 2.31. The second kappa shape index (κ2) is 5.50. The van der Waals surface area contributed by atoms with E-state index in [1.807, 2.05) is 13.8 Å². The number of carbonyl (C=O) groups is 1. The zero-order valence-electron chi connectivity index (χ0n) is 9.79. The van der Waals surface area contributed by atoms with Crippen LogP contribution in [-0.2, 0) is 9.53 Å². The van der Waals surface area contributed by atoms with Gasteiger partial charge in [-0.25, -0.2) is 4.79 Å². The summed E-state index contributed by atoms with van der Waals surface area (Å²) in [6.45, 7) is 4.64. The summed E-state index contributed by atoms with van der Waals surface area (Å²) < 4.78 is 5.67. The highest BCUT2D eigenvalue weighted by molar-refractivity contribution is 5.77. The highest BCUT2D eigenvalue weighted by Gasteiger charge is 2.39. The van der Waals surface area contributed by atoms with Crippen molar-refractivity contribution in [1.82, 2.24) is 0 Å². The van der Waals surface area contributed by atoms with E-state index in [1.54, 1.807) is 0 Å². The Hall–Kier alpha value is -0.570. The first-order valence-corrected chi connectivity index (χ1v) is 5.94. The van der Waals surface area contributed by atoms with Crippen LogP contribution in [-0.4, -0.2) is 23.3 Å². The minimum absolute atomic E-state index is 0.393. The number of hydrogen-bond donors (Lipinski definition) is 1. The first-order valence-electron chi connectivity index (χ1n) is 5.94. The molecule has 0 saturated heterocycles. The molecule has 0 radical (unpaired) electrons. The van der Waals surface area contributed by atoms with Gasteiger partial charge in [-0.15, -0.1) is 0 Å². The molecular weight excluding hydrogens is 192 g/mol. The van der Waals surface area contributed by atoms with Crippen LogP contribution in [0.2, 0.25) is 0 Å². The van der Waals surface area contributed by atoms with Crippen LogP contribution in [0.15, 0.2) is 0 Å². The molecule has 0 aromatic carbocycles. The molecule has 0 unspecified atom stereocenters. The molecule has 1 saturated carbocycles. The SMILES string of the molecule is CC(C)COC1(C(=O)O)CCCCCC1. The third-order valence-electron chi connectivity index (χ3n) is 2.99. The van der Waals surface area contributed by atoms with E-state index in [4.69, 9.17) is 4.74 Å². The van der Waals surface area contributed by atoms with Crippen LogP contribution >= 0.6 is 0 Å². The van der Waals surface area contributed by atoms with E-state index in [-0.39, 0.29) is 0 Å². The minimum Gasteiger partial charge on any atom is -0.479 e. The topological polar surface area (TPSA) is 46.5 Å². The molecule has 0 aromatic rings. The molecule has 0 atom stereocenters. The van der Waals surface area contributed by atoms with Gasteiger partial charge in [0.25, 0.3) is 0 Å². The van der Waals surface area contributed by atoms with Crippen LogP contribution in [0.1, 0.15) is 52.4 Å². The van der Waals surface area contributed by atoms with E-state index in [0.717, 1.165) is 25.7 Å². The monoisotopic (exact) mass is 214 g/mol. The van der Waals surface area contributed by atoms with Crippen molar-refractivity contribution in [3.63, 3.8) is 0 Å². The summed E-state index contributed by atoms with van der Waals surface area (Å²) in [5, 5.41) is 9.30. The fraction of sp³-hybridized carbons (Fsp3) is 0.917. The van der Waals surface area contributed by atoms with Crippen LogP contribution in [0, 0.1) is 5.92 Å². The Balaban J connectivity index is 2.63. The molecule has 0 spiro atoms. The van der Waals surface area contributed by atoms with Crippen molar-refractivity contribution >= 4 is 5.97 Å². The lowest BCUT2D eigenvalue weighted by atomic mass is 9.94. The van der Waals surface area contributed by atoms with E-state index in [0.29, 0.717) is 25.4 Å². The van der Waals surface area contributed by atoms with E-state index in [9.17, 15) is 9.90 Å². The molecule has 1 aliphatic rings. The number of hydrogen-bond acceptors (Lipinski definition) is 2. The Morgan fingerprint density at radius 2 is 1.80 bits per heavy atom. The van der Waals surface area contributed by atoms with Gasteiger partial charge in [0.05, 0.1) is 6.61 Å². The van der Waals surface area contributed by atoms with Gasteiger partial charge in [0.15, 0.2) is 5.60 Å². The summed E-state index contributed by atoms with van der Waals surface area (Å²) in [5.41, 5.74) is -0.888. The van der Waals surface area contributed by atoms with Crippen molar-refractivity contribution < 1.29 is 14.6 Å². The van der Waals surface area contributed by atoms with Gasteiger partial charge in [-0.05, 0) is 31.6 Å². The van der Waals surface area contributed by atoms with Crippen LogP contribution in [0.4, 0.5) is 0 Å². The summed E-state index contributed by atoms with van der Waals surface area (Å²) >= 11 is 0. The van der Waals surface area contributed by atoms with Crippen molar-refractivity contribution in [3.8, 4) is 0 Å². The van der Waals surface area contributed by atoms with Crippen molar-refractivity contribution in [2.75, 3.05) is 6.61 Å². The molecule has 0 heterocycles. The average Bonchev–Trinajstić information content (AvgIpc) is 2.40. The van der Waals surface area contributed by atoms with E-state index in [2.05, 4.69) is 0 Å². The minimum atomic E-state index is -0.888. The van der Waals surface area contributed by atoms with Gasteiger partial charge < -0.3 is 9.84 Å². The number of carboxylic acid groups (broad SMARTS) is 1. The van der Waals surface area contributed by atoms with Crippen LogP contribution in [0.5, 0.6) is 0 Å². The largest absolute Gasteiger partial charge is 0.479 e. The van der Waals surface area contributed by atoms with Gasteiger partial charge in [0.2, 0.25) is 0 Å². The normalized spacial score (nSPS) is 21.3. The quantitative estimate of drug-likeness (QED) is 0.732. The highest BCUT2D eigenvalue weighted by atomic mass is 16.5. The number of rotatable bonds is 4. The molecule has 0 aromatic heterocycles. The van der Waals surface area contributed by atoms with Crippen molar-refractivity contribution in [2.45, 2.75) is 58.0 Å². The molecule has 3 nitrogen and oxygen atoms in total. The van der Waals surface area contributed by atoms with E-state index in [1.165, 1.54) is 0 Å². The molecule has 0 aliphatic heterocycles. The van der Waals surface area contributed by atoms with E-state index < -0.39 is 11.6 Å². The summed E-state index contributed by atoms with van der Waals surface area (Å²) in [4.78, 5) is 11.3. The summed E-state index contributed by atoms with van der Waals surface area (Å²) in [6, 6.07) is 0. The van der Waals surface area contributed by atoms with Gasteiger partial charge in [0, 0.05) is 0 Å². The maximum Gasteiger partial charge on any atom is 0.335 e. The fourth-order valence-electron chi connectivity index (χ4n) is 2.05. The number of carboxylic acids is 1. The number of aliphatic carboxylic acids is 1. The summed E-state index contributed by atoms with van der Waals surface area (Å²) in [6.07, 6.45) is 5.58. The van der Waals surface area contributed by atoms with Gasteiger partial charge in [0.1, 0.15) is 0 Å². The number of ether oxygens (including phenoxy) is 1. The molecule has 1 rings (SSSR count). The third-order valence-corrected chi connectivity index (χ3v) is 2.99. The zero-order valence-corrected chi connectivity index (χ0v) is 9.79. The Bertz CT molecular complexity index is 203. The van der Waals surface area contributed by atoms with Gasteiger partial charge in [-0.1, -0.05) is 26.7 Å². The van der Waals surface area contributed by atoms with Gasteiger partial charge >= 0.3 is 5.97 Å². The third kappa shape index (κ3) is 3.49. The van der Waals surface area contributed by atoms with Crippen LogP contribution in [0.25, 0.3) is 0 Å². The molecule has 1 N–H and O–H groups in total. The van der Waals surface area contributed by atoms with Crippen molar-refractivity contribution in [1.29, 1.82) is 0 Å². The smallest absolute Gasteiger partial charge is 0.335 e. The second-order valence-electron chi connectivity index (χ2n) is 4.92. The first-order chi connectivity index (χ1) is 7.07. The van der Waals surface area contributed by atoms with Crippen molar-refractivity contribution in [3.05, 3.63) is 0 Å². The molecule has 88 valence electrons. The summed E-state index contributed by atoms with van der Waals surface area (Å²) in [5.74, 6) is -0.380. The predicted molar refractivity (Wildman–Crippen MR) is 58.9 cm³/mol. The molecular formula is C12H22O3. The van der Waals surface area contributed by atoms with Crippen LogP contribution < -0.4 is 0 Å². The Morgan fingerprint density at radius 1 is 1.27 bits per heavy atom. The van der Waals surface area contributed by atoms with Crippen LogP contribution in [0.3, 0.4) is 0 Å². The van der Waals surface area contributed by atoms with Crippen molar-refractivity contribution in [2.24, 2.45) is 5.92 Å². The molecule has 0 bridgehead atoms. The fourth-order valence-corrected chi connectivity index (χ4v) is 2.05. The first kappa shape index (κ1) is 12.5. The molecule has 0 amide bonds. The van der Waals surface area contributed by atoms with Gasteiger partial charge in [-0.3, -0.25) is 0 Å². The molecule has 15 heavy (non-hydrogen) atoms.